The summed E-state index contributed by atoms with van der Waals surface area (Å²) in [5, 5.41) is 18.8. The number of thioether (sulfide) groups is 1. The summed E-state index contributed by atoms with van der Waals surface area (Å²) in [4.78, 5) is 11.5. The van der Waals surface area contributed by atoms with Crippen LogP contribution in [0.5, 0.6) is 0 Å². The largest absolute Gasteiger partial charge is 0.409 e. The minimum absolute atomic E-state index is 0.131. The average Bonchev–Trinajstić information content (AvgIpc) is 2.70. The molecule has 0 amide bonds. The number of aromatic nitrogens is 3. The molecule has 0 spiro atoms. The van der Waals surface area contributed by atoms with Gasteiger partial charge in [-0.25, -0.2) is 9.89 Å². The van der Waals surface area contributed by atoms with Crippen molar-refractivity contribution in [2.24, 2.45) is 10.9 Å². The molecule has 0 bridgehead atoms. The van der Waals surface area contributed by atoms with Gasteiger partial charge in [0.2, 0.25) is 0 Å². The van der Waals surface area contributed by atoms with E-state index in [2.05, 4.69) is 15.4 Å². The average molecular weight is 273 g/mol. The maximum Gasteiger partial charge on any atom is 0.343 e. The first-order chi connectivity index (χ1) is 8.62. The molecule has 0 radical (unpaired) electrons. The number of hydrogen-bond donors (Lipinski definition) is 3. The van der Waals surface area contributed by atoms with E-state index in [1.807, 2.05) is 13.8 Å². The van der Waals surface area contributed by atoms with Gasteiger partial charge in [0.05, 0.1) is 0 Å². The van der Waals surface area contributed by atoms with Crippen LogP contribution in [0, 0.1) is 0 Å². The van der Waals surface area contributed by atoms with Gasteiger partial charge in [0.1, 0.15) is 5.84 Å². The maximum atomic E-state index is 11.5. The second kappa shape index (κ2) is 7.10. The highest BCUT2D eigenvalue weighted by Crippen LogP contribution is 2.25. The summed E-state index contributed by atoms with van der Waals surface area (Å²) in [5.41, 5.74) is 5.30. The van der Waals surface area contributed by atoms with E-state index < -0.39 is 0 Å². The van der Waals surface area contributed by atoms with E-state index in [0.717, 1.165) is 12.8 Å². The number of hydrogen-bond acceptors (Lipinski definition) is 5. The molecule has 8 heteroatoms. The van der Waals surface area contributed by atoms with Gasteiger partial charge in [-0.1, -0.05) is 30.8 Å². The SMILES string of the molecule is CCCn1c(SC(CC)CC(N)=NO)n[nH]c1=O. The van der Waals surface area contributed by atoms with Crippen LogP contribution >= 0.6 is 11.8 Å². The molecule has 0 saturated heterocycles. The summed E-state index contributed by atoms with van der Waals surface area (Å²) >= 11 is 1.47. The molecule has 0 saturated carbocycles. The highest BCUT2D eigenvalue weighted by molar-refractivity contribution is 7.99. The number of nitrogens with two attached hydrogens (primary N) is 1. The van der Waals surface area contributed by atoms with Crippen LogP contribution in [0.1, 0.15) is 33.1 Å². The first-order valence-electron chi connectivity index (χ1n) is 5.90. The molecule has 7 nitrogen and oxygen atoms in total. The topological polar surface area (TPSA) is 109 Å². The van der Waals surface area contributed by atoms with Crippen molar-refractivity contribution < 1.29 is 5.21 Å². The Balaban J connectivity index is 2.78. The summed E-state index contributed by atoms with van der Waals surface area (Å²) < 4.78 is 1.61. The van der Waals surface area contributed by atoms with Crippen molar-refractivity contribution in [3.8, 4) is 0 Å². The minimum atomic E-state index is -0.196. The second-order valence-electron chi connectivity index (χ2n) is 3.91. The first kappa shape index (κ1) is 14.6. The fourth-order valence-corrected chi connectivity index (χ4v) is 2.63. The Morgan fingerprint density at radius 3 is 2.94 bits per heavy atom. The molecular weight excluding hydrogens is 254 g/mol. The summed E-state index contributed by atoms with van der Waals surface area (Å²) in [6, 6.07) is 0. The van der Waals surface area contributed by atoms with Gasteiger partial charge < -0.3 is 10.9 Å². The number of oxime groups is 1. The van der Waals surface area contributed by atoms with Gasteiger partial charge >= 0.3 is 5.69 Å². The fraction of sp³-hybridized carbons (Fsp3) is 0.700. The van der Waals surface area contributed by atoms with Crippen molar-refractivity contribution >= 4 is 17.6 Å². The molecule has 0 aliphatic heterocycles. The van der Waals surface area contributed by atoms with Crippen LogP contribution in [0.15, 0.2) is 15.1 Å². The molecule has 18 heavy (non-hydrogen) atoms. The van der Waals surface area contributed by atoms with Crippen molar-refractivity contribution in [2.75, 3.05) is 0 Å². The van der Waals surface area contributed by atoms with E-state index in [1.165, 1.54) is 11.8 Å². The van der Waals surface area contributed by atoms with Gasteiger partial charge in [0.15, 0.2) is 5.16 Å². The van der Waals surface area contributed by atoms with Gasteiger partial charge in [0, 0.05) is 18.2 Å². The first-order valence-corrected chi connectivity index (χ1v) is 6.78. The van der Waals surface area contributed by atoms with Crippen LogP contribution < -0.4 is 11.4 Å². The predicted octanol–water partition coefficient (Wildman–Crippen LogP) is 0.989. The Bertz CT molecular complexity index is 453. The molecule has 4 N–H and O–H groups in total. The normalized spacial score (nSPS) is 13.8. The minimum Gasteiger partial charge on any atom is -0.409 e. The summed E-state index contributed by atoms with van der Waals surface area (Å²) in [7, 11) is 0. The van der Waals surface area contributed by atoms with E-state index >= 15 is 0 Å². The van der Waals surface area contributed by atoms with Crippen molar-refractivity contribution in [2.45, 2.75) is 50.1 Å². The Morgan fingerprint density at radius 1 is 1.67 bits per heavy atom. The monoisotopic (exact) mass is 273 g/mol. The number of H-pyrrole nitrogens is 1. The highest BCUT2D eigenvalue weighted by Gasteiger charge is 2.16. The van der Waals surface area contributed by atoms with E-state index in [-0.39, 0.29) is 16.8 Å². The third kappa shape index (κ3) is 3.80. The van der Waals surface area contributed by atoms with Crippen LogP contribution in [0.25, 0.3) is 0 Å². The maximum absolute atomic E-state index is 11.5. The predicted molar refractivity (Wildman–Crippen MR) is 71.1 cm³/mol. The standard InChI is InChI=1S/C10H19N5O2S/c1-3-5-15-9(16)12-13-10(15)18-7(4-2)6-8(11)14-17/h7,17H,3-6H2,1-2H3,(H2,11,14)(H,12,16). The summed E-state index contributed by atoms with van der Waals surface area (Å²) in [6.07, 6.45) is 2.17. The molecule has 1 aromatic heterocycles. The molecule has 1 unspecified atom stereocenters. The quantitative estimate of drug-likeness (QED) is 0.226. The van der Waals surface area contributed by atoms with Gasteiger partial charge in [0.25, 0.3) is 0 Å². The van der Waals surface area contributed by atoms with E-state index in [9.17, 15) is 4.79 Å². The Labute approximate surface area is 109 Å². The Hall–Kier alpha value is -1.44. The van der Waals surface area contributed by atoms with Crippen LogP contribution in [0.3, 0.4) is 0 Å². The summed E-state index contributed by atoms with van der Waals surface area (Å²) in [6.45, 7) is 4.65. The van der Waals surface area contributed by atoms with Crippen molar-refractivity contribution in [1.29, 1.82) is 0 Å². The second-order valence-corrected chi connectivity index (χ2v) is 5.17. The molecular formula is C10H19N5O2S. The van der Waals surface area contributed by atoms with Gasteiger partial charge in [-0.05, 0) is 12.8 Å². The number of amidine groups is 1. The lowest BCUT2D eigenvalue weighted by atomic mass is 10.2. The Morgan fingerprint density at radius 2 is 2.39 bits per heavy atom. The van der Waals surface area contributed by atoms with E-state index in [0.29, 0.717) is 18.1 Å². The molecule has 0 aromatic carbocycles. The van der Waals surface area contributed by atoms with Crippen LogP contribution in [0.4, 0.5) is 0 Å². The zero-order chi connectivity index (χ0) is 13.5. The number of nitrogens with one attached hydrogen (secondary N) is 1. The third-order valence-electron chi connectivity index (χ3n) is 2.46. The van der Waals surface area contributed by atoms with Crippen LogP contribution in [-0.2, 0) is 6.54 Å². The molecule has 0 aliphatic carbocycles. The molecule has 102 valence electrons. The van der Waals surface area contributed by atoms with Crippen LogP contribution in [0.2, 0.25) is 0 Å². The lowest BCUT2D eigenvalue weighted by Crippen LogP contribution is -2.20. The van der Waals surface area contributed by atoms with Crippen LogP contribution in [-0.4, -0.2) is 31.1 Å². The molecule has 1 aromatic rings. The number of nitrogens with zero attached hydrogens (tertiary/aromatic N) is 3. The highest BCUT2D eigenvalue weighted by atomic mass is 32.2. The van der Waals surface area contributed by atoms with E-state index in [4.69, 9.17) is 10.9 Å². The molecule has 1 atom stereocenters. The van der Waals surface area contributed by atoms with Crippen molar-refractivity contribution in [1.82, 2.24) is 14.8 Å². The summed E-state index contributed by atoms with van der Waals surface area (Å²) in [5.74, 6) is 0.189. The van der Waals surface area contributed by atoms with Gasteiger partial charge in [-0.3, -0.25) is 4.57 Å². The molecule has 1 rings (SSSR count). The number of rotatable bonds is 7. The molecule has 0 aliphatic rings. The lowest BCUT2D eigenvalue weighted by Gasteiger charge is -2.12. The Kier molecular flexibility index (Phi) is 5.76. The fourth-order valence-electron chi connectivity index (χ4n) is 1.51. The van der Waals surface area contributed by atoms with Gasteiger partial charge in [-0.2, -0.15) is 0 Å². The molecule has 1 heterocycles. The molecule has 0 fully saturated rings. The zero-order valence-corrected chi connectivity index (χ0v) is 11.4. The third-order valence-corrected chi connectivity index (χ3v) is 3.82. The van der Waals surface area contributed by atoms with Crippen molar-refractivity contribution in [3.05, 3.63) is 10.5 Å². The lowest BCUT2D eigenvalue weighted by molar-refractivity contribution is 0.316. The van der Waals surface area contributed by atoms with Gasteiger partial charge in [-0.15, -0.1) is 5.10 Å². The number of aromatic amines is 1. The zero-order valence-electron chi connectivity index (χ0n) is 10.6. The van der Waals surface area contributed by atoms with Crippen molar-refractivity contribution in [3.63, 3.8) is 0 Å². The smallest absolute Gasteiger partial charge is 0.343 e. The van der Waals surface area contributed by atoms with E-state index in [1.54, 1.807) is 4.57 Å².